The van der Waals surface area contributed by atoms with Crippen LogP contribution >= 0.6 is 0 Å². The van der Waals surface area contributed by atoms with Crippen LogP contribution in [0.3, 0.4) is 0 Å². The summed E-state index contributed by atoms with van der Waals surface area (Å²) >= 11 is 0. The lowest BCUT2D eigenvalue weighted by molar-refractivity contribution is -0.145. The lowest BCUT2D eigenvalue weighted by Gasteiger charge is -2.38. The number of aromatic nitrogens is 1. The third-order valence-corrected chi connectivity index (χ3v) is 4.49. The van der Waals surface area contributed by atoms with Gasteiger partial charge in [-0.05, 0) is 49.7 Å². The van der Waals surface area contributed by atoms with Gasteiger partial charge in [0.1, 0.15) is 5.75 Å². The molecule has 2 aromatic rings. The summed E-state index contributed by atoms with van der Waals surface area (Å²) in [7, 11) is 1.57. The molecule has 0 aliphatic carbocycles. The summed E-state index contributed by atoms with van der Waals surface area (Å²) in [6, 6.07) is 10.3. The van der Waals surface area contributed by atoms with E-state index in [1.54, 1.807) is 49.7 Å². The minimum absolute atomic E-state index is 0.417. The maximum atomic E-state index is 13.1. The van der Waals surface area contributed by atoms with Crippen molar-refractivity contribution in [1.82, 2.24) is 4.98 Å². The molecule has 0 saturated heterocycles. The summed E-state index contributed by atoms with van der Waals surface area (Å²) in [6.45, 7) is 4.01. The quantitative estimate of drug-likeness (QED) is 0.792. The van der Waals surface area contributed by atoms with E-state index < -0.39 is 17.4 Å². The minimum Gasteiger partial charge on any atom is -0.497 e. The predicted molar refractivity (Wildman–Crippen MR) is 102 cm³/mol. The summed E-state index contributed by atoms with van der Waals surface area (Å²) in [5, 5.41) is 2.75. The van der Waals surface area contributed by atoms with Crippen molar-refractivity contribution >= 4 is 23.3 Å². The molecule has 3 rings (SSSR count). The van der Waals surface area contributed by atoms with Gasteiger partial charge in [-0.2, -0.15) is 0 Å². The van der Waals surface area contributed by atoms with E-state index in [-0.39, 0.29) is 0 Å². The van der Waals surface area contributed by atoms with Gasteiger partial charge in [0.05, 0.1) is 7.11 Å². The summed E-state index contributed by atoms with van der Waals surface area (Å²) in [5.41, 5.74) is -1.13. The number of methoxy groups -OCH3 is 1. The van der Waals surface area contributed by atoms with Crippen LogP contribution in [0.2, 0.25) is 0 Å². The van der Waals surface area contributed by atoms with Gasteiger partial charge in [0.25, 0.3) is 17.4 Å². The molecule has 1 aromatic heterocycles. The number of unbranched alkanes of at least 4 members (excludes halogenated alkanes) is 1. The summed E-state index contributed by atoms with van der Waals surface area (Å²) in [5.74, 6) is 0.586. The summed E-state index contributed by atoms with van der Waals surface area (Å²) < 4.78 is 10.9. The number of hydrogen-bond donors (Lipinski definition) is 1. The highest BCUT2D eigenvalue weighted by Crippen LogP contribution is 2.36. The van der Waals surface area contributed by atoms with Crippen LogP contribution in [0.1, 0.15) is 26.7 Å². The highest BCUT2D eigenvalue weighted by Gasteiger charge is 2.51. The molecule has 1 atom stereocenters. The number of benzene rings is 1. The molecule has 0 bridgehead atoms. The topological polar surface area (TPSA) is 80.8 Å². The van der Waals surface area contributed by atoms with Crippen molar-refractivity contribution in [2.45, 2.75) is 32.3 Å². The number of carbonyl (C=O) groups excluding carboxylic acids is 2. The molecular formula is C20H23N3O4. The molecule has 0 unspecified atom stereocenters. The van der Waals surface area contributed by atoms with Crippen LogP contribution < -0.4 is 19.7 Å². The van der Waals surface area contributed by atoms with E-state index in [2.05, 4.69) is 10.3 Å². The molecule has 7 heteroatoms. The van der Waals surface area contributed by atoms with E-state index in [0.29, 0.717) is 29.5 Å². The van der Waals surface area contributed by atoms with Crippen LogP contribution in [0, 0.1) is 0 Å². The molecule has 2 amide bonds. The smallest absolute Gasteiger partial charge is 0.282 e. The second-order valence-corrected chi connectivity index (χ2v) is 6.45. The Hall–Kier alpha value is -3.09. The second-order valence-electron chi connectivity index (χ2n) is 6.45. The van der Waals surface area contributed by atoms with Crippen LogP contribution in [0.5, 0.6) is 11.5 Å². The van der Waals surface area contributed by atoms with Crippen molar-refractivity contribution in [2.75, 3.05) is 23.9 Å². The average Bonchev–Trinajstić information content (AvgIpc) is 2.69. The van der Waals surface area contributed by atoms with Gasteiger partial charge in [0.2, 0.25) is 0 Å². The zero-order valence-electron chi connectivity index (χ0n) is 15.7. The monoisotopic (exact) mass is 369 g/mol. The normalized spacial score (nSPS) is 18.5. The second kappa shape index (κ2) is 7.65. The van der Waals surface area contributed by atoms with E-state index in [4.69, 9.17) is 9.47 Å². The third kappa shape index (κ3) is 3.58. The molecule has 7 nitrogen and oxygen atoms in total. The van der Waals surface area contributed by atoms with Gasteiger partial charge >= 0.3 is 0 Å². The number of hydrogen-bond acceptors (Lipinski definition) is 5. The van der Waals surface area contributed by atoms with Crippen molar-refractivity contribution in [3.05, 3.63) is 42.6 Å². The van der Waals surface area contributed by atoms with Crippen molar-refractivity contribution in [3.8, 4) is 11.5 Å². The zero-order chi connectivity index (χ0) is 19.4. The number of fused-ring (bicyclic) bond motifs is 1. The predicted octanol–water partition coefficient (Wildman–Crippen LogP) is 3.01. The molecule has 0 fully saturated rings. The average molecular weight is 369 g/mol. The summed E-state index contributed by atoms with van der Waals surface area (Å²) in [6.07, 6.45) is 3.33. The van der Waals surface area contributed by atoms with Gasteiger partial charge in [-0.1, -0.05) is 13.3 Å². The standard InChI is InChI=1S/C20H23N3O4/c1-4-5-13-23-17-16(7-6-12-21-17)27-20(2,19(23)25)18(24)22-14-8-10-15(26-3)11-9-14/h6-12H,4-5,13H2,1-3H3,(H,22,24)/t20-/m1/s1. The Kier molecular flexibility index (Phi) is 5.30. The first-order valence-electron chi connectivity index (χ1n) is 8.91. The first-order chi connectivity index (χ1) is 13.0. The van der Waals surface area contributed by atoms with Crippen LogP contribution in [0.15, 0.2) is 42.6 Å². The van der Waals surface area contributed by atoms with Gasteiger partial charge in [-0.15, -0.1) is 0 Å². The van der Waals surface area contributed by atoms with Crippen molar-refractivity contribution < 1.29 is 19.1 Å². The number of nitrogens with one attached hydrogen (secondary N) is 1. The Morgan fingerprint density at radius 1 is 1.30 bits per heavy atom. The maximum absolute atomic E-state index is 13.1. The zero-order valence-corrected chi connectivity index (χ0v) is 15.7. The Balaban J connectivity index is 1.88. The lowest BCUT2D eigenvalue weighted by atomic mass is 10.0. The molecule has 27 heavy (non-hydrogen) atoms. The van der Waals surface area contributed by atoms with E-state index in [1.807, 2.05) is 6.92 Å². The van der Waals surface area contributed by atoms with E-state index in [1.165, 1.54) is 11.8 Å². The van der Waals surface area contributed by atoms with E-state index >= 15 is 0 Å². The molecule has 1 aliphatic rings. The molecule has 2 heterocycles. The van der Waals surface area contributed by atoms with Crippen molar-refractivity contribution in [1.29, 1.82) is 0 Å². The van der Waals surface area contributed by atoms with Crippen molar-refractivity contribution in [2.24, 2.45) is 0 Å². The van der Waals surface area contributed by atoms with Gasteiger partial charge in [0, 0.05) is 18.4 Å². The summed E-state index contributed by atoms with van der Waals surface area (Å²) in [4.78, 5) is 31.9. The number of ether oxygens (including phenoxy) is 2. The fraction of sp³-hybridized carbons (Fsp3) is 0.350. The highest BCUT2D eigenvalue weighted by atomic mass is 16.5. The van der Waals surface area contributed by atoms with Crippen LogP contribution in [-0.4, -0.2) is 36.1 Å². The molecule has 1 N–H and O–H groups in total. The Morgan fingerprint density at radius 3 is 2.70 bits per heavy atom. The molecule has 1 aliphatic heterocycles. The Bertz CT molecular complexity index is 837. The molecule has 1 aromatic carbocycles. The van der Waals surface area contributed by atoms with Gasteiger partial charge in [-0.25, -0.2) is 4.98 Å². The van der Waals surface area contributed by atoms with Crippen molar-refractivity contribution in [3.63, 3.8) is 0 Å². The SMILES string of the molecule is CCCCN1C(=O)[C@@](C)(C(=O)Nc2ccc(OC)cc2)Oc2cccnc21. The minimum atomic E-state index is -1.68. The molecule has 0 saturated carbocycles. The first kappa shape index (κ1) is 18.7. The van der Waals surface area contributed by atoms with Gasteiger partial charge < -0.3 is 14.8 Å². The van der Waals surface area contributed by atoms with Gasteiger partial charge in [0.15, 0.2) is 11.6 Å². The third-order valence-electron chi connectivity index (χ3n) is 4.49. The fourth-order valence-corrected chi connectivity index (χ4v) is 2.87. The number of pyridine rings is 1. The number of anilines is 2. The first-order valence-corrected chi connectivity index (χ1v) is 8.91. The Morgan fingerprint density at radius 2 is 2.04 bits per heavy atom. The molecule has 0 spiro atoms. The number of rotatable bonds is 6. The van der Waals surface area contributed by atoms with Gasteiger partial charge in [-0.3, -0.25) is 14.5 Å². The lowest BCUT2D eigenvalue weighted by Crippen LogP contribution is -2.61. The van der Waals surface area contributed by atoms with E-state index in [9.17, 15) is 9.59 Å². The molecule has 0 radical (unpaired) electrons. The number of amides is 2. The molecular weight excluding hydrogens is 346 g/mol. The maximum Gasteiger partial charge on any atom is 0.282 e. The highest BCUT2D eigenvalue weighted by molar-refractivity contribution is 6.19. The Labute approximate surface area is 158 Å². The van der Waals surface area contributed by atoms with E-state index in [0.717, 1.165) is 12.8 Å². The molecule has 142 valence electrons. The van der Waals surface area contributed by atoms with Crippen LogP contribution in [0.25, 0.3) is 0 Å². The fourth-order valence-electron chi connectivity index (χ4n) is 2.87. The number of carbonyl (C=O) groups is 2. The number of nitrogens with zero attached hydrogens (tertiary/aromatic N) is 2. The largest absolute Gasteiger partial charge is 0.497 e. The van der Waals surface area contributed by atoms with Crippen LogP contribution in [0.4, 0.5) is 11.5 Å². The van der Waals surface area contributed by atoms with Crippen LogP contribution in [-0.2, 0) is 9.59 Å².